The van der Waals surface area contributed by atoms with Crippen molar-refractivity contribution in [2.24, 2.45) is 5.92 Å². The standard InChI is InChI=1S/C25H32N2O2/c1-2-17-29-24-11-9-23(10-12-24)27-15-13-21(14-16-27)20-5-3-19(4-6-20)18-26-25(28)22-7-8-22/h3-6,9-12,21-22H,2,7-8,13-18H2,1H3,(H,26,28). The maximum absolute atomic E-state index is 11.8. The Morgan fingerprint density at radius 3 is 2.31 bits per heavy atom. The molecular formula is C25H32N2O2. The van der Waals surface area contributed by atoms with E-state index < -0.39 is 0 Å². The summed E-state index contributed by atoms with van der Waals surface area (Å²) in [6, 6.07) is 17.4. The molecule has 1 heterocycles. The summed E-state index contributed by atoms with van der Waals surface area (Å²) in [4.78, 5) is 14.3. The minimum absolute atomic E-state index is 0.214. The molecule has 0 aromatic heterocycles. The molecule has 154 valence electrons. The van der Waals surface area contributed by atoms with Gasteiger partial charge in [-0.15, -0.1) is 0 Å². The van der Waals surface area contributed by atoms with Crippen LogP contribution in [-0.4, -0.2) is 25.6 Å². The molecule has 0 bridgehead atoms. The van der Waals surface area contributed by atoms with Crippen molar-refractivity contribution >= 4 is 11.6 Å². The van der Waals surface area contributed by atoms with Gasteiger partial charge in [-0.05, 0) is 73.4 Å². The second-order valence-electron chi connectivity index (χ2n) is 8.34. The van der Waals surface area contributed by atoms with Gasteiger partial charge in [-0.3, -0.25) is 4.79 Å². The molecule has 1 aliphatic carbocycles. The number of hydrogen-bond acceptors (Lipinski definition) is 3. The zero-order valence-corrected chi connectivity index (χ0v) is 17.4. The van der Waals surface area contributed by atoms with E-state index in [1.54, 1.807) is 0 Å². The zero-order chi connectivity index (χ0) is 20.1. The van der Waals surface area contributed by atoms with Gasteiger partial charge in [0, 0.05) is 31.2 Å². The van der Waals surface area contributed by atoms with E-state index in [0.717, 1.165) is 44.7 Å². The fourth-order valence-corrected chi connectivity index (χ4v) is 4.03. The summed E-state index contributed by atoms with van der Waals surface area (Å²) in [5.41, 5.74) is 3.89. The van der Waals surface area contributed by atoms with Gasteiger partial charge in [-0.2, -0.15) is 0 Å². The molecule has 4 heteroatoms. The second-order valence-corrected chi connectivity index (χ2v) is 8.34. The first-order valence-corrected chi connectivity index (χ1v) is 11.1. The highest BCUT2D eigenvalue weighted by atomic mass is 16.5. The minimum Gasteiger partial charge on any atom is -0.494 e. The lowest BCUT2D eigenvalue weighted by molar-refractivity contribution is -0.122. The van der Waals surface area contributed by atoms with Gasteiger partial charge in [0.2, 0.25) is 5.91 Å². The van der Waals surface area contributed by atoms with E-state index in [2.05, 4.69) is 65.7 Å². The summed E-state index contributed by atoms with van der Waals surface area (Å²) < 4.78 is 5.69. The van der Waals surface area contributed by atoms with E-state index in [1.165, 1.54) is 29.7 Å². The lowest BCUT2D eigenvalue weighted by Gasteiger charge is -2.34. The number of benzene rings is 2. The quantitative estimate of drug-likeness (QED) is 0.696. The molecule has 1 N–H and O–H groups in total. The van der Waals surface area contributed by atoms with E-state index in [1.807, 2.05) is 0 Å². The van der Waals surface area contributed by atoms with Crippen LogP contribution in [0, 0.1) is 5.92 Å². The van der Waals surface area contributed by atoms with Crippen LogP contribution in [0.25, 0.3) is 0 Å². The van der Waals surface area contributed by atoms with Crippen LogP contribution in [0.15, 0.2) is 48.5 Å². The predicted molar refractivity (Wildman–Crippen MR) is 117 cm³/mol. The first-order chi connectivity index (χ1) is 14.2. The Morgan fingerprint density at radius 1 is 1.00 bits per heavy atom. The van der Waals surface area contributed by atoms with Crippen LogP contribution in [0.1, 0.15) is 56.1 Å². The molecular weight excluding hydrogens is 360 g/mol. The van der Waals surface area contributed by atoms with Crippen molar-refractivity contribution in [3.05, 3.63) is 59.7 Å². The third-order valence-electron chi connectivity index (χ3n) is 6.04. The number of ether oxygens (including phenoxy) is 1. The molecule has 1 amide bonds. The van der Waals surface area contributed by atoms with Crippen molar-refractivity contribution in [3.8, 4) is 5.75 Å². The van der Waals surface area contributed by atoms with Crippen molar-refractivity contribution in [2.45, 2.75) is 51.5 Å². The van der Waals surface area contributed by atoms with E-state index in [9.17, 15) is 4.79 Å². The van der Waals surface area contributed by atoms with E-state index in [4.69, 9.17) is 4.74 Å². The number of hydrogen-bond donors (Lipinski definition) is 1. The van der Waals surface area contributed by atoms with Crippen LogP contribution >= 0.6 is 0 Å². The van der Waals surface area contributed by atoms with Gasteiger partial charge in [-0.25, -0.2) is 0 Å². The topological polar surface area (TPSA) is 41.6 Å². The van der Waals surface area contributed by atoms with Crippen LogP contribution in [0.5, 0.6) is 5.75 Å². The fourth-order valence-electron chi connectivity index (χ4n) is 4.03. The van der Waals surface area contributed by atoms with Crippen LogP contribution in [0.2, 0.25) is 0 Å². The summed E-state index contributed by atoms with van der Waals surface area (Å²) in [7, 11) is 0. The molecule has 1 saturated heterocycles. The Morgan fingerprint density at radius 2 is 1.69 bits per heavy atom. The molecule has 2 aliphatic rings. The lowest BCUT2D eigenvalue weighted by atomic mass is 9.89. The summed E-state index contributed by atoms with van der Waals surface area (Å²) in [5.74, 6) is 2.07. The molecule has 0 atom stereocenters. The Kier molecular flexibility index (Phi) is 6.38. The molecule has 0 radical (unpaired) electrons. The smallest absolute Gasteiger partial charge is 0.223 e. The number of nitrogens with one attached hydrogen (secondary N) is 1. The van der Waals surface area contributed by atoms with Gasteiger partial charge >= 0.3 is 0 Å². The Bertz CT molecular complexity index is 789. The maximum atomic E-state index is 11.8. The van der Waals surface area contributed by atoms with Gasteiger partial charge in [0.25, 0.3) is 0 Å². The van der Waals surface area contributed by atoms with Crippen LogP contribution in [0.3, 0.4) is 0 Å². The van der Waals surface area contributed by atoms with E-state index in [0.29, 0.717) is 12.5 Å². The molecule has 1 aliphatic heterocycles. The first-order valence-electron chi connectivity index (χ1n) is 11.1. The molecule has 4 rings (SSSR count). The van der Waals surface area contributed by atoms with E-state index in [-0.39, 0.29) is 11.8 Å². The molecule has 1 saturated carbocycles. The van der Waals surface area contributed by atoms with Crippen molar-refractivity contribution < 1.29 is 9.53 Å². The third kappa shape index (κ3) is 5.31. The summed E-state index contributed by atoms with van der Waals surface area (Å²) >= 11 is 0. The zero-order valence-electron chi connectivity index (χ0n) is 17.4. The van der Waals surface area contributed by atoms with Crippen LogP contribution < -0.4 is 15.0 Å². The van der Waals surface area contributed by atoms with Crippen molar-refractivity contribution in [1.82, 2.24) is 5.32 Å². The average molecular weight is 393 g/mol. The monoisotopic (exact) mass is 392 g/mol. The molecule has 2 aromatic carbocycles. The fraction of sp³-hybridized carbons (Fsp3) is 0.480. The maximum Gasteiger partial charge on any atom is 0.223 e. The van der Waals surface area contributed by atoms with Crippen molar-refractivity contribution in [3.63, 3.8) is 0 Å². The number of rotatable bonds is 8. The van der Waals surface area contributed by atoms with Gasteiger partial charge in [0.05, 0.1) is 6.61 Å². The van der Waals surface area contributed by atoms with Crippen LogP contribution in [0.4, 0.5) is 5.69 Å². The SMILES string of the molecule is CCCOc1ccc(N2CCC(c3ccc(CNC(=O)C4CC4)cc3)CC2)cc1. The average Bonchev–Trinajstić information content (AvgIpc) is 3.63. The third-order valence-corrected chi connectivity index (χ3v) is 6.04. The summed E-state index contributed by atoms with van der Waals surface area (Å²) in [6.07, 6.45) is 5.49. The minimum atomic E-state index is 0.214. The van der Waals surface area contributed by atoms with Crippen LogP contribution in [-0.2, 0) is 11.3 Å². The highest BCUT2D eigenvalue weighted by Gasteiger charge is 2.29. The van der Waals surface area contributed by atoms with E-state index >= 15 is 0 Å². The Hall–Kier alpha value is -2.49. The number of carbonyl (C=O) groups excluding carboxylic acids is 1. The highest BCUT2D eigenvalue weighted by Crippen LogP contribution is 2.31. The number of nitrogens with zero attached hydrogens (tertiary/aromatic N) is 1. The molecule has 29 heavy (non-hydrogen) atoms. The highest BCUT2D eigenvalue weighted by molar-refractivity contribution is 5.80. The molecule has 2 fully saturated rings. The molecule has 4 nitrogen and oxygen atoms in total. The largest absolute Gasteiger partial charge is 0.494 e. The van der Waals surface area contributed by atoms with Gasteiger partial charge in [0.1, 0.15) is 5.75 Å². The summed E-state index contributed by atoms with van der Waals surface area (Å²) in [5, 5.41) is 3.04. The Labute approximate surface area is 174 Å². The van der Waals surface area contributed by atoms with Gasteiger partial charge in [-0.1, -0.05) is 31.2 Å². The normalized spacial score (nSPS) is 17.2. The number of carbonyl (C=O) groups is 1. The predicted octanol–water partition coefficient (Wildman–Crippen LogP) is 4.89. The second kappa shape index (κ2) is 9.34. The number of anilines is 1. The molecule has 0 spiro atoms. The summed E-state index contributed by atoms with van der Waals surface area (Å²) in [6.45, 7) is 5.71. The Balaban J connectivity index is 1.26. The van der Waals surface area contributed by atoms with Crippen molar-refractivity contribution in [1.29, 1.82) is 0 Å². The van der Waals surface area contributed by atoms with Crippen molar-refractivity contribution in [2.75, 3.05) is 24.6 Å². The number of piperidine rings is 1. The van der Waals surface area contributed by atoms with Gasteiger partial charge < -0.3 is 15.0 Å². The first kappa shape index (κ1) is 19.8. The lowest BCUT2D eigenvalue weighted by Crippen LogP contribution is -2.32. The van der Waals surface area contributed by atoms with Gasteiger partial charge in [0.15, 0.2) is 0 Å². The molecule has 0 unspecified atom stereocenters. The molecule has 2 aromatic rings. The number of amides is 1.